The minimum atomic E-state index is -5.83. The molecule has 4 rings (SSSR count). The molecule has 5 N–H and O–H groups in total. The van der Waals surface area contributed by atoms with Crippen molar-refractivity contribution in [2.24, 2.45) is 0 Å². The normalized spacial score (nSPS) is 24.0. The van der Waals surface area contributed by atoms with Crippen LogP contribution in [0.5, 0.6) is 0 Å². The summed E-state index contributed by atoms with van der Waals surface area (Å²) in [5.41, 5.74) is 6.06. The summed E-state index contributed by atoms with van der Waals surface area (Å²) < 4.78 is 70.2. The topological polar surface area (TPSA) is 205 Å². The number of halogens is 3. The second kappa shape index (κ2) is 12.1. The first-order valence-corrected chi connectivity index (χ1v) is 13.9. The molecule has 1 aliphatic heterocycles. The van der Waals surface area contributed by atoms with E-state index in [9.17, 15) is 37.6 Å². The van der Waals surface area contributed by atoms with E-state index in [0.717, 1.165) is 22.3 Å². The molecule has 0 bridgehead atoms. The maximum absolute atomic E-state index is 14.1. The van der Waals surface area contributed by atoms with Crippen molar-refractivity contribution < 1.29 is 56.3 Å². The van der Waals surface area contributed by atoms with Gasteiger partial charge < -0.3 is 25.2 Å². The lowest BCUT2D eigenvalue weighted by atomic mass is 10.1. The van der Waals surface area contributed by atoms with Crippen LogP contribution in [0.4, 0.5) is 24.7 Å². The number of para-hydroxylation sites is 1. The number of rotatable bonds is 10. The van der Waals surface area contributed by atoms with E-state index in [1.807, 2.05) is 0 Å². The average molecular weight is 620 g/mol. The Morgan fingerprint density at radius 2 is 1.81 bits per heavy atom. The molecule has 2 aromatic heterocycles. The zero-order chi connectivity index (χ0) is 31.0. The Bertz CT molecular complexity index is 1450. The molecule has 42 heavy (non-hydrogen) atoms. The van der Waals surface area contributed by atoms with Gasteiger partial charge in [-0.1, -0.05) is 18.2 Å². The smallest absolute Gasteiger partial charge is 0.387 e. The summed E-state index contributed by atoms with van der Waals surface area (Å²) in [6.45, 7) is 4.52. The highest BCUT2D eigenvalue weighted by Crippen LogP contribution is 2.50. The van der Waals surface area contributed by atoms with Crippen LogP contribution in [0.3, 0.4) is 0 Å². The van der Waals surface area contributed by atoms with Gasteiger partial charge in [-0.15, -0.1) is 0 Å². The Balaban J connectivity index is 1.54. The first kappa shape index (κ1) is 31.6. The molecule has 3 aromatic rings. The van der Waals surface area contributed by atoms with Crippen LogP contribution in [0.25, 0.3) is 11.2 Å². The van der Waals surface area contributed by atoms with Crippen molar-refractivity contribution in [3.05, 3.63) is 43.0 Å². The highest BCUT2D eigenvalue weighted by molar-refractivity contribution is 7.48. The number of ether oxygens (including phenoxy) is 1. The van der Waals surface area contributed by atoms with Crippen LogP contribution in [0.2, 0.25) is 0 Å². The molecule has 1 fully saturated rings. The molecule has 1 aliphatic rings. The first-order valence-electron chi connectivity index (χ1n) is 12.4. The molecule has 0 radical (unpaired) electrons. The van der Waals surface area contributed by atoms with Gasteiger partial charge in [-0.2, -0.15) is 13.2 Å². The van der Waals surface area contributed by atoms with Gasteiger partial charge in [0.15, 0.2) is 29.8 Å². The number of carbonyl (C=O) groups is 1. The van der Waals surface area contributed by atoms with Gasteiger partial charge >= 0.3 is 20.0 Å². The molecule has 1 aromatic carbocycles. The van der Waals surface area contributed by atoms with Gasteiger partial charge in [-0.3, -0.25) is 18.8 Å². The fourth-order valence-corrected chi connectivity index (χ4v) is 5.11. The van der Waals surface area contributed by atoms with Gasteiger partial charge in [-0.05, 0) is 32.9 Å². The number of hydrogen-bond donors (Lipinski definition) is 4. The van der Waals surface area contributed by atoms with Gasteiger partial charge in [0.05, 0.1) is 18.1 Å². The van der Waals surface area contributed by atoms with Gasteiger partial charge in [-0.25, -0.2) is 29.4 Å². The van der Waals surface area contributed by atoms with Crippen molar-refractivity contribution in [3.8, 4) is 0 Å². The molecule has 3 heterocycles. The summed E-state index contributed by atoms with van der Waals surface area (Å²) in [5.74, 6) is -1.53. The molecular weight excluding hydrogens is 592 g/mol. The van der Waals surface area contributed by atoms with Crippen LogP contribution >= 0.6 is 7.82 Å². The predicted octanol–water partition coefficient (Wildman–Crippen LogP) is 1.85. The Kier molecular flexibility index (Phi) is 9.08. The third-order valence-corrected chi connectivity index (χ3v) is 6.94. The number of aliphatic hydroxyl groups is 2. The number of nitrogen functional groups attached to an aromatic ring is 1. The third kappa shape index (κ3) is 6.64. The highest BCUT2D eigenvalue weighted by Gasteiger charge is 2.59. The molecule has 19 heteroatoms. The third-order valence-electron chi connectivity index (χ3n) is 6.04. The standard InChI is InChI=1S/C23H28F3N6O9P/c1-11(2)39-32(13-7-5-4-6-8-13)12(3)22(35)41-42(36,37)40-18(23(24,25)26)17-15(33)16(34)21(38-17)31-10-30-14-19(27)28-9-29-20(14)31/h4-12,15-18,21,33-34H,1-3H3,(H,36,37)(H2,27,28,29)/t12-,15-,16+,17-,18+,21+/m0/s1. The number of aliphatic hydroxyl groups excluding tert-OH is 2. The van der Waals surface area contributed by atoms with E-state index in [2.05, 4.69) is 24.0 Å². The van der Waals surface area contributed by atoms with Crippen molar-refractivity contribution in [1.82, 2.24) is 19.5 Å². The number of phosphoric acid groups is 1. The molecule has 0 amide bonds. The predicted molar refractivity (Wildman–Crippen MR) is 137 cm³/mol. The lowest BCUT2D eigenvalue weighted by Crippen LogP contribution is -2.48. The Morgan fingerprint density at radius 1 is 1.14 bits per heavy atom. The second-order valence-electron chi connectivity index (χ2n) is 9.49. The lowest BCUT2D eigenvalue weighted by molar-refractivity contribution is -0.239. The minimum Gasteiger partial charge on any atom is -0.387 e. The first-order chi connectivity index (χ1) is 19.6. The van der Waals surface area contributed by atoms with Gasteiger partial charge in [0.25, 0.3) is 0 Å². The van der Waals surface area contributed by atoms with Crippen LogP contribution in [0, 0.1) is 0 Å². The zero-order valence-electron chi connectivity index (χ0n) is 22.3. The molecule has 1 saturated heterocycles. The number of phosphoric ester groups is 1. The summed E-state index contributed by atoms with van der Waals surface area (Å²) in [4.78, 5) is 40.2. The second-order valence-corrected chi connectivity index (χ2v) is 10.8. The summed E-state index contributed by atoms with van der Waals surface area (Å²) in [6, 6.07) is 6.64. The van der Waals surface area contributed by atoms with Crippen LogP contribution in [0.1, 0.15) is 27.0 Å². The number of anilines is 2. The number of aromatic nitrogens is 4. The molecule has 0 spiro atoms. The van der Waals surface area contributed by atoms with Gasteiger partial charge in [0.2, 0.25) is 0 Å². The molecule has 0 saturated carbocycles. The molecule has 230 valence electrons. The van der Waals surface area contributed by atoms with Crippen LogP contribution in [-0.4, -0.2) is 83.3 Å². The quantitative estimate of drug-likeness (QED) is 0.189. The van der Waals surface area contributed by atoms with E-state index in [4.69, 9.17) is 15.3 Å². The summed E-state index contributed by atoms with van der Waals surface area (Å²) in [6.07, 6.45) is -15.6. The monoisotopic (exact) mass is 620 g/mol. The Hall–Kier alpha value is -3.38. The van der Waals surface area contributed by atoms with Crippen LogP contribution < -0.4 is 10.8 Å². The largest absolute Gasteiger partial charge is 0.530 e. The van der Waals surface area contributed by atoms with E-state index >= 15 is 0 Å². The number of nitrogens with zero attached hydrogens (tertiary/aromatic N) is 5. The Morgan fingerprint density at radius 3 is 2.43 bits per heavy atom. The molecular formula is C23H28F3N6O9P. The van der Waals surface area contributed by atoms with E-state index in [-0.39, 0.29) is 17.0 Å². The van der Waals surface area contributed by atoms with Gasteiger partial charge in [0.1, 0.15) is 30.2 Å². The maximum Gasteiger partial charge on any atom is 0.530 e. The number of fused-ring (bicyclic) bond motifs is 1. The maximum atomic E-state index is 14.1. The fraction of sp³-hybridized carbons (Fsp3) is 0.478. The summed E-state index contributed by atoms with van der Waals surface area (Å²) >= 11 is 0. The summed E-state index contributed by atoms with van der Waals surface area (Å²) in [7, 11) is -5.83. The minimum absolute atomic E-state index is 0.0359. The molecule has 15 nitrogen and oxygen atoms in total. The van der Waals surface area contributed by atoms with Crippen molar-refractivity contribution in [2.75, 3.05) is 10.8 Å². The average Bonchev–Trinajstić information content (AvgIpc) is 3.46. The van der Waals surface area contributed by atoms with Gasteiger partial charge in [0, 0.05) is 0 Å². The molecule has 0 aliphatic carbocycles. The van der Waals surface area contributed by atoms with Crippen molar-refractivity contribution in [1.29, 1.82) is 0 Å². The molecule has 1 unspecified atom stereocenters. The summed E-state index contributed by atoms with van der Waals surface area (Å²) in [5, 5.41) is 22.1. The highest BCUT2D eigenvalue weighted by atomic mass is 31.2. The van der Waals surface area contributed by atoms with Crippen LogP contribution in [-0.2, 0) is 28.0 Å². The number of nitrogens with two attached hydrogens (primary N) is 1. The van der Waals surface area contributed by atoms with Crippen molar-refractivity contribution >= 4 is 36.5 Å². The Labute approximate surface area is 236 Å². The SMILES string of the molecule is CC(C)ON(c1ccccc1)[C@@H](C)C(=O)OP(=O)(O)O[C@H]([C@H]1O[C@@H](n2cnc3c(N)ncnc32)[C@H](O)[C@@H]1O)C(F)(F)F. The van der Waals surface area contributed by atoms with Crippen LogP contribution in [0.15, 0.2) is 43.0 Å². The number of hydrogen-bond acceptors (Lipinski definition) is 13. The van der Waals surface area contributed by atoms with E-state index in [1.54, 1.807) is 44.2 Å². The number of alkyl halides is 3. The van der Waals surface area contributed by atoms with Crippen molar-refractivity contribution in [3.63, 3.8) is 0 Å². The zero-order valence-corrected chi connectivity index (χ0v) is 23.2. The number of carbonyl (C=O) groups excluding carboxylic acids is 1. The number of imidazole rings is 1. The van der Waals surface area contributed by atoms with E-state index < -0.39 is 62.8 Å². The fourth-order valence-electron chi connectivity index (χ4n) is 4.16. The lowest BCUT2D eigenvalue weighted by Gasteiger charge is -2.31. The van der Waals surface area contributed by atoms with E-state index in [0.29, 0.717) is 5.69 Å². The molecule has 7 atom stereocenters. The van der Waals surface area contributed by atoms with Crippen molar-refractivity contribution in [2.45, 2.75) is 69.7 Å². The number of hydroxylamine groups is 1. The van der Waals surface area contributed by atoms with E-state index in [1.165, 1.54) is 6.92 Å². The number of benzene rings is 1.